The Kier molecular flexibility index (Phi) is 7.69. The summed E-state index contributed by atoms with van der Waals surface area (Å²) in [6.07, 6.45) is 8.28. The molecule has 0 spiro atoms. The number of ether oxygens (including phenoxy) is 1. The van der Waals surface area contributed by atoms with Gasteiger partial charge in [-0.25, -0.2) is 0 Å². The second-order valence-corrected chi connectivity index (χ2v) is 4.84. The van der Waals surface area contributed by atoms with Gasteiger partial charge in [-0.15, -0.1) is 0 Å². The van der Waals surface area contributed by atoms with Crippen molar-refractivity contribution in [2.24, 2.45) is 0 Å². The molecule has 0 heterocycles. The van der Waals surface area contributed by atoms with Crippen LogP contribution in [0.4, 0.5) is 0 Å². The Balaban J connectivity index is 2.27. The van der Waals surface area contributed by atoms with Gasteiger partial charge in [0, 0.05) is 13.1 Å². The first kappa shape index (κ1) is 15.2. The summed E-state index contributed by atoms with van der Waals surface area (Å²) in [6.45, 7) is 3.71. The van der Waals surface area contributed by atoms with Crippen LogP contribution >= 0.6 is 0 Å². The number of carbonyl (C=O) groups excluding carboxylic acids is 1. The number of allylic oxidation sites excluding steroid dienone is 1. The van der Waals surface area contributed by atoms with Crippen molar-refractivity contribution in [1.29, 1.82) is 0 Å². The quantitative estimate of drug-likeness (QED) is 0.559. The molecule has 0 aromatic carbocycles. The third-order valence-corrected chi connectivity index (χ3v) is 3.26. The highest BCUT2D eigenvalue weighted by molar-refractivity contribution is 5.77. The summed E-state index contributed by atoms with van der Waals surface area (Å²) >= 11 is 0. The smallest absolute Gasteiger partial charge is 0.246 e. The van der Waals surface area contributed by atoms with Gasteiger partial charge in [-0.05, 0) is 38.8 Å². The summed E-state index contributed by atoms with van der Waals surface area (Å²) in [5.41, 5.74) is 1.28. The van der Waals surface area contributed by atoms with E-state index in [1.54, 1.807) is 0 Å². The van der Waals surface area contributed by atoms with E-state index in [1.807, 2.05) is 7.05 Å². The lowest BCUT2D eigenvalue weighted by molar-refractivity contribution is -0.127. The van der Waals surface area contributed by atoms with Crippen molar-refractivity contribution in [2.45, 2.75) is 45.1 Å². The highest BCUT2D eigenvalue weighted by Crippen LogP contribution is 2.19. The van der Waals surface area contributed by atoms with Crippen molar-refractivity contribution >= 4 is 5.91 Å². The lowest BCUT2D eigenvalue weighted by atomic mass is 9.98. The van der Waals surface area contributed by atoms with Crippen molar-refractivity contribution in [3.05, 3.63) is 11.6 Å². The average molecular weight is 254 g/mol. The molecule has 18 heavy (non-hydrogen) atoms. The van der Waals surface area contributed by atoms with Gasteiger partial charge in [0.25, 0.3) is 0 Å². The van der Waals surface area contributed by atoms with Crippen LogP contribution in [0.5, 0.6) is 0 Å². The molecule has 1 aliphatic carbocycles. The van der Waals surface area contributed by atoms with Crippen LogP contribution in [-0.4, -0.2) is 38.8 Å². The van der Waals surface area contributed by atoms with Gasteiger partial charge in [0.2, 0.25) is 5.91 Å². The number of hydrogen-bond acceptors (Lipinski definition) is 3. The molecule has 1 amide bonds. The third kappa shape index (κ3) is 6.17. The van der Waals surface area contributed by atoms with Gasteiger partial charge in [0.15, 0.2) is 0 Å². The summed E-state index contributed by atoms with van der Waals surface area (Å²) < 4.78 is 5.72. The van der Waals surface area contributed by atoms with Crippen LogP contribution in [0.1, 0.15) is 39.0 Å². The molecular formula is C14H26N2O2. The Morgan fingerprint density at radius 2 is 2.22 bits per heavy atom. The summed E-state index contributed by atoms with van der Waals surface area (Å²) in [7, 11) is 1.87. The zero-order valence-corrected chi connectivity index (χ0v) is 11.6. The molecule has 1 aliphatic rings. The van der Waals surface area contributed by atoms with Crippen LogP contribution in [0.2, 0.25) is 0 Å². The van der Waals surface area contributed by atoms with E-state index in [0.717, 1.165) is 19.4 Å². The molecule has 0 aliphatic heterocycles. The maximum Gasteiger partial charge on any atom is 0.246 e. The van der Waals surface area contributed by atoms with Crippen LogP contribution in [-0.2, 0) is 9.53 Å². The summed E-state index contributed by atoms with van der Waals surface area (Å²) in [6, 6.07) is 0. The number of nitrogens with one attached hydrogen (secondary N) is 2. The molecule has 0 radical (unpaired) electrons. The van der Waals surface area contributed by atoms with Crippen molar-refractivity contribution in [3.63, 3.8) is 0 Å². The van der Waals surface area contributed by atoms with E-state index in [2.05, 4.69) is 23.6 Å². The number of carbonyl (C=O) groups is 1. The predicted octanol–water partition coefficient (Wildman–Crippen LogP) is 1.62. The van der Waals surface area contributed by atoms with Gasteiger partial charge in [0.1, 0.15) is 6.61 Å². The summed E-state index contributed by atoms with van der Waals surface area (Å²) in [5, 5.41) is 5.81. The molecule has 0 saturated carbocycles. The molecule has 0 fully saturated rings. The molecule has 0 saturated heterocycles. The fraction of sp³-hybridized carbons (Fsp3) is 0.786. The standard InChI is InChI=1S/C14H26N2O2/c1-12-7-5-3-4-6-8-13(12)18-11-14(17)16-10-9-15-2/h7,13,15H,3-6,8-11H2,1-2H3,(H,16,17)/b12-7-. The lowest BCUT2D eigenvalue weighted by Crippen LogP contribution is -2.34. The monoisotopic (exact) mass is 254 g/mol. The van der Waals surface area contributed by atoms with Crippen LogP contribution < -0.4 is 10.6 Å². The van der Waals surface area contributed by atoms with Crippen molar-refractivity contribution in [1.82, 2.24) is 10.6 Å². The Morgan fingerprint density at radius 3 is 3.00 bits per heavy atom. The van der Waals surface area contributed by atoms with E-state index in [0.29, 0.717) is 6.54 Å². The second-order valence-electron chi connectivity index (χ2n) is 4.84. The molecule has 1 atom stereocenters. The van der Waals surface area contributed by atoms with E-state index in [4.69, 9.17) is 4.74 Å². The average Bonchev–Trinajstić information content (AvgIpc) is 2.34. The molecule has 104 valence electrons. The lowest BCUT2D eigenvalue weighted by Gasteiger charge is -2.20. The van der Waals surface area contributed by atoms with Gasteiger partial charge in [-0.3, -0.25) is 4.79 Å². The van der Waals surface area contributed by atoms with Gasteiger partial charge >= 0.3 is 0 Å². The molecular weight excluding hydrogens is 228 g/mol. The fourth-order valence-corrected chi connectivity index (χ4v) is 2.11. The van der Waals surface area contributed by atoms with E-state index in [-0.39, 0.29) is 18.6 Å². The maximum absolute atomic E-state index is 11.5. The molecule has 0 bridgehead atoms. The molecule has 4 nitrogen and oxygen atoms in total. The first-order valence-electron chi connectivity index (χ1n) is 6.93. The Morgan fingerprint density at radius 1 is 1.39 bits per heavy atom. The van der Waals surface area contributed by atoms with Crippen molar-refractivity contribution < 1.29 is 9.53 Å². The Bertz CT molecular complexity index is 277. The normalized spacial score (nSPS) is 23.7. The number of rotatable bonds is 6. The minimum Gasteiger partial charge on any atom is -0.364 e. The first-order valence-corrected chi connectivity index (χ1v) is 6.93. The van der Waals surface area contributed by atoms with Gasteiger partial charge in [-0.2, -0.15) is 0 Å². The van der Waals surface area contributed by atoms with E-state index in [1.165, 1.54) is 24.8 Å². The first-order chi connectivity index (χ1) is 8.74. The molecule has 1 rings (SSSR count). The summed E-state index contributed by atoms with van der Waals surface area (Å²) in [4.78, 5) is 11.5. The minimum atomic E-state index is -0.0277. The SMILES string of the molecule is CNCCNC(=O)COC1CCCCC/C=C\1C. The van der Waals surface area contributed by atoms with Crippen molar-refractivity contribution in [3.8, 4) is 0 Å². The van der Waals surface area contributed by atoms with Gasteiger partial charge in [0.05, 0.1) is 6.10 Å². The van der Waals surface area contributed by atoms with Gasteiger partial charge < -0.3 is 15.4 Å². The largest absolute Gasteiger partial charge is 0.364 e. The number of amides is 1. The van der Waals surface area contributed by atoms with E-state index < -0.39 is 0 Å². The second kappa shape index (κ2) is 9.11. The van der Waals surface area contributed by atoms with Gasteiger partial charge in [-0.1, -0.05) is 18.9 Å². The van der Waals surface area contributed by atoms with Crippen molar-refractivity contribution in [2.75, 3.05) is 26.7 Å². The molecule has 4 heteroatoms. The van der Waals surface area contributed by atoms with Crippen LogP contribution in [0, 0.1) is 0 Å². The molecule has 1 unspecified atom stereocenters. The van der Waals surface area contributed by atoms with E-state index in [9.17, 15) is 4.79 Å². The highest BCUT2D eigenvalue weighted by Gasteiger charge is 2.14. The number of likely N-dealkylation sites (N-methyl/N-ethyl adjacent to an activating group) is 1. The maximum atomic E-state index is 11.5. The van der Waals surface area contributed by atoms with E-state index >= 15 is 0 Å². The zero-order chi connectivity index (χ0) is 13.2. The highest BCUT2D eigenvalue weighted by atomic mass is 16.5. The topological polar surface area (TPSA) is 50.4 Å². The number of hydrogen-bond donors (Lipinski definition) is 2. The minimum absolute atomic E-state index is 0.0277. The molecule has 0 aromatic heterocycles. The van der Waals surface area contributed by atoms with Crippen LogP contribution in [0.3, 0.4) is 0 Å². The Hall–Kier alpha value is -0.870. The third-order valence-electron chi connectivity index (χ3n) is 3.26. The Labute approximate surface area is 110 Å². The molecule has 2 N–H and O–H groups in total. The van der Waals surface area contributed by atoms with Crippen LogP contribution in [0.15, 0.2) is 11.6 Å². The predicted molar refractivity (Wildman–Crippen MR) is 73.5 cm³/mol. The van der Waals surface area contributed by atoms with Crippen LogP contribution in [0.25, 0.3) is 0 Å². The fourth-order valence-electron chi connectivity index (χ4n) is 2.11. The molecule has 0 aromatic rings. The summed E-state index contributed by atoms with van der Waals surface area (Å²) in [5.74, 6) is -0.0277. The zero-order valence-electron chi connectivity index (χ0n) is 11.6.